The van der Waals surface area contributed by atoms with Crippen molar-refractivity contribution in [2.24, 2.45) is 16.2 Å². The molecule has 7 nitrogen and oxygen atoms in total. The fourth-order valence-corrected chi connectivity index (χ4v) is 0.471. The first-order chi connectivity index (χ1) is 4.34. The second kappa shape index (κ2) is 2.27. The van der Waals surface area contributed by atoms with E-state index in [2.05, 4.69) is 21.1 Å². The minimum atomic E-state index is -0.387. The van der Waals surface area contributed by atoms with E-state index in [1.165, 1.54) is 6.34 Å². The van der Waals surface area contributed by atoms with Crippen LogP contribution in [0.3, 0.4) is 0 Å². The molecule has 0 aromatic rings. The van der Waals surface area contributed by atoms with Crippen LogP contribution in [-0.4, -0.2) is 17.7 Å². The Labute approximate surface area is 51.3 Å². The van der Waals surface area contributed by atoms with Crippen LogP contribution in [0.5, 0.6) is 0 Å². The summed E-state index contributed by atoms with van der Waals surface area (Å²) in [5, 5.41) is 10.3. The first kappa shape index (κ1) is 5.76. The second-order valence-electron chi connectivity index (χ2n) is 1.43. The van der Waals surface area contributed by atoms with Crippen molar-refractivity contribution in [3.8, 4) is 0 Å². The minimum Gasteiger partial charge on any atom is -0.334 e. The molecule has 0 saturated carbocycles. The van der Waals surface area contributed by atoms with Crippen LogP contribution in [0.1, 0.15) is 0 Å². The third-order valence-corrected chi connectivity index (χ3v) is 0.875. The summed E-state index contributed by atoms with van der Waals surface area (Å²) < 4.78 is 0. The minimum absolute atomic E-state index is 0.387. The number of nitrogens with one attached hydrogen (secondary N) is 3. The van der Waals surface area contributed by atoms with E-state index in [4.69, 9.17) is 11.4 Å². The maximum Gasteiger partial charge on any atom is 0.223 e. The fourth-order valence-electron chi connectivity index (χ4n) is 0.471. The lowest BCUT2D eigenvalue weighted by molar-refractivity contribution is 0.183. The zero-order chi connectivity index (χ0) is 6.69. The first-order valence-electron chi connectivity index (χ1n) is 2.29. The lowest BCUT2D eigenvalue weighted by atomic mass is 10.9. The molecule has 1 rings (SSSR count). The van der Waals surface area contributed by atoms with E-state index in [1.807, 2.05) is 0 Å². The van der Waals surface area contributed by atoms with Gasteiger partial charge in [-0.3, -0.25) is 0 Å². The number of nitrogens with zero attached hydrogens (tertiary/aromatic N) is 3. The maximum absolute atomic E-state index is 6.39. The Morgan fingerprint density at radius 2 is 2.78 bits per heavy atom. The monoisotopic (exact) mass is 129 g/mol. The van der Waals surface area contributed by atoms with Gasteiger partial charge in [-0.1, -0.05) is 5.22 Å². The van der Waals surface area contributed by atoms with Gasteiger partial charge in [-0.2, -0.15) is 10.6 Å². The van der Waals surface area contributed by atoms with Crippen LogP contribution < -0.4 is 16.6 Å². The Morgan fingerprint density at radius 3 is 3.22 bits per heavy atom. The van der Waals surface area contributed by atoms with E-state index in [0.29, 0.717) is 0 Å². The Kier molecular flexibility index (Phi) is 1.45. The highest BCUT2D eigenvalue weighted by atomic mass is 15.8. The highest BCUT2D eigenvalue weighted by Gasteiger charge is 2.14. The molecular formula is C2H7N7. The summed E-state index contributed by atoms with van der Waals surface area (Å²) in [6.45, 7) is 0. The van der Waals surface area contributed by atoms with E-state index < -0.39 is 0 Å². The maximum atomic E-state index is 6.39. The molecule has 0 bridgehead atoms. The molecule has 50 valence electrons. The van der Waals surface area contributed by atoms with Crippen LogP contribution in [0.15, 0.2) is 10.3 Å². The molecule has 0 aliphatic carbocycles. The average molecular weight is 129 g/mol. The molecule has 9 heavy (non-hydrogen) atoms. The predicted octanol–water partition coefficient (Wildman–Crippen LogP) is -1.47. The van der Waals surface area contributed by atoms with Crippen molar-refractivity contribution in [3.63, 3.8) is 0 Å². The van der Waals surface area contributed by atoms with Gasteiger partial charge in [0.15, 0.2) is 0 Å². The predicted molar refractivity (Wildman–Crippen MR) is 29.7 cm³/mol. The van der Waals surface area contributed by atoms with Gasteiger partial charge in [-0.15, -0.1) is 5.10 Å². The topological polar surface area (TPSA) is 102 Å². The van der Waals surface area contributed by atoms with Gasteiger partial charge in [0.05, 0.1) is 0 Å². The number of nitrogens with two attached hydrogens (primary N) is 1. The van der Waals surface area contributed by atoms with Crippen LogP contribution in [0.4, 0.5) is 0 Å². The zero-order valence-electron chi connectivity index (χ0n) is 4.57. The van der Waals surface area contributed by atoms with E-state index in [-0.39, 0.29) is 6.29 Å². The second-order valence-corrected chi connectivity index (χ2v) is 1.43. The van der Waals surface area contributed by atoms with Crippen molar-refractivity contribution in [1.82, 2.24) is 15.9 Å². The SMILES string of the molecule is N=NNC1NC=NN1N. The molecule has 1 unspecified atom stereocenters. The Morgan fingerprint density at radius 1 is 2.00 bits per heavy atom. The summed E-state index contributed by atoms with van der Waals surface area (Å²) >= 11 is 0. The number of hydrogen-bond donors (Lipinski definition) is 4. The van der Waals surface area contributed by atoms with Crippen molar-refractivity contribution in [1.29, 1.82) is 5.53 Å². The standard InChI is InChI=1S/C2H7N7/c3-8-7-2-5-1-6-9(2)4/h1-2H,4H2,(H2,3,7)(H,5,6). The van der Waals surface area contributed by atoms with Gasteiger partial charge in [0, 0.05) is 0 Å². The van der Waals surface area contributed by atoms with Crippen LogP contribution in [0.2, 0.25) is 0 Å². The van der Waals surface area contributed by atoms with Crippen molar-refractivity contribution >= 4 is 6.34 Å². The third kappa shape index (κ3) is 1.05. The molecule has 0 saturated heterocycles. The van der Waals surface area contributed by atoms with E-state index in [1.54, 1.807) is 0 Å². The van der Waals surface area contributed by atoms with Gasteiger partial charge < -0.3 is 5.32 Å². The van der Waals surface area contributed by atoms with E-state index in [9.17, 15) is 0 Å². The van der Waals surface area contributed by atoms with Crippen LogP contribution in [-0.2, 0) is 0 Å². The lowest BCUT2D eigenvalue weighted by Crippen LogP contribution is -2.48. The smallest absolute Gasteiger partial charge is 0.223 e. The number of hydrogen-bond acceptors (Lipinski definition) is 6. The highest BCUT2D eigenvalue weighted by molar-refractivity contribution is 5.55. The summed E-state index contributed by atoms with van der Waals surface area (Å²) in [6, 6.07) is 0. The molecule has 1 aliphatic rings. The van der Waals surface area contributed by atoms with Gasteiger partial charge in [0.2, 0.25) is 6.29 Å². The highest BCUT2D eigenvalue weighted by Crippen LogP contribution is 1.89. The van der Waals surface area contributed by atoms with Crippen molar-refractivity contribution in [2.45, 2.75) is 6.29 Å². The largest absolute Gasteiger partial charge is 0.334 e. The molecule has 7 heteroatoms. The van der Waals surface area contributed by atoms with E-state index in [0.717, 1.165) is 5.12 Å². The molecule has 0 aromatic heterocycles. The number of rotatable bonds is 2. The molecule has 1 aliphatic heterocycles. The van der Waals surface area contributed by atoms with Crippen LogP contribution in [0.25, 0.3) is 0 Å². The summed E-state index contributed by atoms with van der Waals surface area (Å²) in [7, 11) is 0. The molecule has 1 heterocycles. The number of hydrazine groups is 1. The molecule has 0 fully saturated rings. The van der Waals surface area contributed by atoms with Gasteiger partial charge in [0.1, 0.15) is 6.34 Å². The molecular weight excluding hydrogens is 122 g/mol. The molecule has 5 N–H and O–H groups in total. The quantitative estimate of drug-likeness (QED) is 0.207. The molecule has 0 spiro atoms. The summed E-state index contributed by atoms with van der Waals surface area (Å²) in [5.41, 5.74) is 8.74. The zero-order valence-corrected chi connectivity index (χ0v) is 4.57. The lowest BCUT2D eigenvalue weighted by Gasteiger charge is -2.15. The van der Waals surface area contributed by atoms with Crippen molar-refractivity contribution in [3.05, 3.63) is 0 Å². The van der Waals surface area contributed by atoms with Gasteiger partial charge in [-0.25, -0.2) is 11.3 Å². The van der Waals surface area contributed by atoms with Gasteiger partial charge in [-0.05, 0) is 0 Å². The first-order valence-corrected chi connectivity index (χ1v) is 2.29. The van der Waals surface area contributed by atoms with E-state index >= 15 is 0 Å². The normalized spacial score (nSPS) is 23.7. The van der Waals surface area contributed by atoms with Crippen LogP contribution >= 0.6 is 0 Å². The average Bonchev–Trinajstić information content (AvgIpc) is 2.18. The summed E-state index contributed by atoms with van der Waals surface area (Å²) in [6.07, 6.45) is 1.03. The third-order valence-electron chi connectivity index (χ3n) is 0.875. The van der Waals surface area contributed by atoms with Crippen LogP contribution in [0, 0.1) is 5.53 Å². The Balaban J connectivity index is 2.36. The molecule has 0 aromatic carbocycles. The Bertz CT molecular complexity index is 129. The van der Waals surface area contributed by atoms with Crippen molar-refractivity contribution in [2.75, 3.05) is 0 Å². The number of hydrazone groups is 1. The fraction of sp³-hybridized carbons (Fsp3) is 0.500. The summed E-state index contributed by atoms with van der Waals surface area (Å²) in [5.74, 6) is 5.23. The molecule has 1 atom stereocenters. The van der Waals surface area contributed by atoms with Crippen molar-refractivity contribution < 1.29 is 0 Å². The van der Waals surface area contributed by atoms with Gasteiger partial charge >= 0.3 is 0 Å². The molecule has 0 amide bonds. The Hall–Kier alpha value is -1.37. The van der Waals surface area contributed by atoms with Gasteiger partial charge in [0.25, 0.3) is 0 Å². The molecule has 0 radical (unpaired) electrons. The summed E-state index contributed by atoms with van der Waals surface area (Å²) in [4.78, 5) is 0.